The van der Waals surface area contributed by atoms with Crippen molar-refractivity contribution < 1.29 is 12.6 Å². The van der Waals surface area contributed by atoms with Crippen LogP contribution in [0.1, 0.15) is 6.42 Å². The van der Waals surface area contributed by atoms with Crippen LogP contribution in [0.15, 0.2) is 23.0 Å². The van der Waals surface area contributed by atoms with Crippen LogP contribution in [0.5, 0.6) is 0 Å². The SMILES string of the molecule is CS(=O)(=O)OCCCn1c(=O)[nH]c2cccc(Cl)c21. The first-order chi connectivity index (χ1) is 8.88. The fourth-order valence-electron chi connectivity index (χ4n) is 1.82. The van der Waals surface area contributed by atoms with Crippen LogP contribution in [0.4, 0.5) is 0 Å². The Hall–Kier alpha value is -1.31. The minimum absolute atomic E-state index is 0.0302. The van der Waals surface area contributed by atoms with E-state index in [0.29, 0.717) is 29.0 Å². The molecule has 0 aliphatic rings. The number of hydrogen-bond acceptors (Lipinski definition) is 4. The molecule has 0 saturated carbocycles. The number of aryl methyl sites for hydroxylation is 1. The Labute approximate surface area is 115 Å². The second-order valence-corrected chi connectivity index (χ2v) is 6.15. The van der Waals surface area contributed by atoms with Gasteiger partial charge in [0.15, 0.2) is 0 Å². The van der Waals surface area contributed by atoms with Crippen LogP contribution < -0.4 is 5.69 Å². The van der Waals surface area contributed by atoms with Crippen molar-refractivity contribution in [1.29, 1.82) is 0 Å². The highest BCUT2D eigenvalue weighted by atomic mass is 35.5. The normalized spacial score (nSPS) is 12.1. The first kappa shape index (κ1) is 14.1. The van der Waals surface area contributed by atoms with E-state index in [2.05, 4.69) is 9.17 Å². The van der Waals surface area contributed by atoms with E-state index in [9.17, 15) is 13.2 Å². The highest BCUT2D eigenvalue weighted by Gasteiger charge is 2.10. The van der Waals surface area contributed by atoms with Crippen LogP contribution in [0, 0.1) is 0 Å². The molecule has 0 fully saturated rings. The molecule has 19 heavy (non-hydrogen) atoms. The van der Waals surface area contributed by atoms with Crippen LogP contribution in [0.3, 0.4) is 0 Å². The number of imidazole rings is 1. The van der Waals surface area contributed by atoms with E-state index in [-0.39, 0.29) is 12.3 Å². The molecule has 1 aromatic heterocycles. The van der Waals surface area contributed by atoms with Gasteiger partial charge in [-0.1, -0.05) is 17.7 Å². The van der Waals surface area contributed by atoms with Crippen molar-refractivity contribution in [3.63, 3.8) is 0 Å². The predicted octanol–water partition coefficient (Wildman–Crippen LogP) is 1.35. The Morgan fingerprint density at radius 2 is 2.16 bits per heavy atom. The number of H-pyrrole nitrogens is 1. The summed E-state index contributed by atoms with van der Waals surface area (Å²) in [6.07, 6.45) is 1.38. The zero-order valence-electron chi connectivity index (χ0n) is 10.2. The number of benzene rings is 1. The quantitative estimate of drug-likeness (QED) is 0.668. The molecule has 1 N–H and O–H groups in total. The summed E-state index contributed by atoms with van der Waals surface area (Å²) in [7, 11) is -3.45. The topological polar surface area (TPSA) is 81.2 Å². The molecule has 104 valence electrons. The number of nitrogens with zero attached hydrogens (tertiary/aromatic N) is 1. The third-order valence-electron chi connectivity index (χ3n) is 2.57. The van der Waals surface area contributed by atoms with Crippen molar-refractivity contribution in [2.75, 3.05) is 12.9 Å². The van der Waals surface area contributed by atoms with Gasteiger partial charge in [0.2, 0.25) is 0 Å². The Morgan fingerprint density at radius 1 is 1.42 bits per heavy atom. The summed E-state index contributed by atoms with van der Waals surface area (Å²) in [5, 5.41) is 0.472. The van der Waals surface area contributed by atoms with Gasteiger partial charge in [0, 0.05) is 6.54 Å². The smallest absolute Gasteiger partial charge is 0.305 e. The van der Waals surface area contributed by atoms with Gasteiger partial charge in [-0.25, -0.2) is 4.79 Å². The van der Waals surface area contributed by atoms with E-state index >= 15 is 0 Å². The Bertz CT molecular complexity index is 748. The van der Waals surface area contributed by atoms with Gasteiger partial charge in [-0.15, -0.1) is 0 Å². The number of para-hydroxylation sites is 1. The van der Waals surface area contributed by atoms with Crippen LogP contribution in [-0.2, 0) is 20.8 Å². The summed E-state index contributed by atoms with van der Waals surface area (Å²) < 4.78 is 27.7. The summed E-state index contributed by atoms with van der Waals surface area (Å²) in [4.78, 5) is 14.5. The van der Waals surface area contributed by atoms with Gasteiger partial charge in [0.1, 0.15) is 0 Å². The predicted molar refractivity (Wildman–Crippen MR) is 73.0 cm³/mol. The summed E-state index contributed by atoms with van der Waals surface area (Å²) in [6, 6.07) is 5.20. The second-order valence-electron chi connectivity index (χ2n) is 4.10. The summed E-state index contributed by atoms with van der Waals surface area (Å²) in [5.74, 6) is 0. The van der Waals surface area contributed by atoms with Crippen LogP contribution in [0.2, 0.25) is 5.02 Å². The van der Waals surface area contributed by atoms with Crippen molar-refractivity contribution in [3.05, 3.63) is 33.7 Å². The fraction of sp³-hybridized carbons (Fsp3) is 0.364. The van der Waals surface area contributed by atoms with E-state index in [1.54, 1.807) is 18.2 Å². The molecule has 2 aromatic rings. The Morgan fingerprint density at radius 3 is 2.84 bits per heavy atom. The number of fused-ring (bicyclic) bond motifs is 1. The maximum Gasteiger partial charge on any atom is 0.326 e. The molecule has 1 heterocycles. The number of halogens is 1. The standard InChI is InChI=1S/C11H13ClN2O4S/c1-19(16,17)18-7-3-6-14-10-8(12)4-2-5-9(10)13-11(14)15/h2,4-5H,3,6-7H2,1H3,(H,13,15). The first-order valence-corrected chi connectivity index (χ1v) is 7.79. The third kappa shape index (κ3) is 3.37. The number of nitrogens with one attached hydrogen (secondary N) is 1. The molecule has 0 spiro atoms. The molecule has 8 heteroatoms. The van der Waals surface area contributed by atoms with Crippen LogP contribution in [0.25, 0.3) is 11.0 Å². The van der Waals surface area contributed by atoms with Gasteiger partial charge in [-0.05, 0) is 18.6 Å². The molecule has 0 aliphatic heterocycles. The molecule has 0 amide bonds. The third-order valence-corrected chi connectivity index (χ3v) is 3.47. The van der Waals surface area contributed by atoms with Gasteiger partial charge < -0.3 is 4.98 Å². The van der Waals surface area contributed by atoms with Crippen molar-refractivity contribution in [2.24, 2.45) is 0 Å². The maximum atomic E-state index is 11.8. The zero-order chi connectivity index (χ0) is 14.0. The highest BCUT2D eigenvalue weighted by Crippen LogP contribution is 2.20. The molecule has 2 rings (SSSR count). The Balaban J connectivity index is 2.17. The van der Waals surface area contributed by atoms with Gasteiger partial charge in [-0.3, -0.25) is 8.75 Å². The maximum absolute atomic E-state index is 11.8. The van der Waals surface area contributed by atoms with E-state index < -0.39 is 10.1 Å². The summed E-state index contributed by atoms with van der Waals surface area (Å²) in [5.41, 5.74) is 0.998. The molecule has 0 atom stereocenters. The summed E-state index contributed by atoms with van der Waals surface area (Å²) in [6.45, 7) is 0.362. The van der Waals surface area contributed by atoms with E-state index in [1.807, 2.05) is 0 Å². The number of aromatic amines is 1. The van der Waals surface area contributed by atoms with E-state index in [0.717, 1.165) is 6.26 Å². The zero-order valence-corrected chi connectivity index (χ0v) is 11.8. The van der Waals surface area contributed by atoms with E-state index in [4.69, 9.17) is 11.6 Å². The lowest BCUT2D eigenvalue weighted by atomic mass is 10.3. The molecule has 6 nitrogen and oxygen atoms in total. The molecular weight excluding hydrogens is 292 g/mol. The molecule has 0 aliphatic carbocycles. The molecular formula is C11H13ClN2O4S. The van der Waals surface area contributed by atoms with Gasteiger partial charge in [-0.2, -0.15) is 8.42 Å². The lowest BCUT2D eigenvalue weighted by Crippen LogP contribution is -2.18. The molecule has 0 unspecified atom stereocenters. The number of aromatic nitrogens is 2. The second kappa shape index (κ2) is 5.36. The largest absolute Gasteiger partial charge is 0.326 e. The monoisotopic (exact) mass is 304 g/mol. The van der Waals surface area contributed by atoms with Crippen molar-refractivity contribution in [1.82, 2.24) is 9.55 Å². The van der Waals surface area contributed by atoms with E-state index in [1.165, 1.54) is 4.57 Å². The molecule has 0 bridgehead atoms. The average Bonchev–Trinajstić information content (AvgIpc) is 2.61. The molecule has 0 radical (unpaired) electrons. The minimum Gasteiger partial charge on any atom is -0.305 e. The summed E-state index contributed by atoms with van der Waals surface area (Å²) >= 11 is 6.05. The lowest BCUT2D eigenvalue weighted by molar-refractivity contribution is 0.307. The van der Waals surface area contributed by atoms with Crippen LogP contribution in [-0.4, -0.2) is 30.8 Å². The van der Waals surface area contributed by atoms with Gasteiger partial charge in [0.25, 0.3) is 10.1 Å². The Kier molecular flexibility index (Phi) is 3.98. The average molecular weight is 305 g/mol. The highest BCUT2D eigenvalue weighted by molar-refractivity contribution is 7.85. The fourth-order valence-corrected chi connectivity index (χ4v) is 2.52. The lowest BCUT2D eigenvalue weighted by Gasteiger charge is -2.04. The molecule has 1 aromatic carbocycles. The first-order valence-electron chi connectivity index (χ1n) is 5.60. The van der Waals surface area contributed by atoms with Gasteiger partial charge in [0.05, 0.1) is 28.9 Å². The van der Waals surface area contributed by atoms with Gasteiger partial charge >= 0.3 is 5.69 Å². The minimum atomic E-state index is -3.45. The number of rotatable bonds is 5. The van der Waals surface area contributed by atoms with Crippen molar-refractivity contribution in [2.45, 2.75) is 13.0 Å². The van der Waals surface area contributed by atoms with Crippen molar-refractivity contribution in [3.8, 4) is 0 Å². The molecule has 0 saturated heterocycles. The van der Waals surface area contributed by atoms with Crippen molar-refractivity contribution >= 4 is 32.8 Å². The number of hydrogen-bond donors (Lipinski definition) is 1. The van der Waals surface area contributed by atoms with Crippen LogP contribution >= 0.6 is 11.6 Å².